The number of hydrogen-bond acceptors (Lipinski definition) is 3. The molecule has 0 spiro atoms. The van der Waals surface area contributed by atoms with E-state index in [4.69, 9.17) is 23.8 Å². The van der Waals surface area contributed by atoms with Gasteiger partial charge in [0.15, 0.2) is 4.32 Å². The largest absolute Gasteiger partial charge is 0.270 e. The number of amides is 1. The van der Waals surface area contributed by atoms with Gasteiger partial charge >= 0.3 is 0 Å². The van der Waals surface area contributed by atoms with Crippen LogP contribution in [0.5, 0.6) is 0 Å². The lowest BCUT2D eigenvalue weighted by molar-refractivity contribution is -0.113. The second-order valence-corrected chi connectivity index (χ2v) is 6.66. The molecule has 2 nitrogen and oxygen atoms in total. The number of carbonyl (C=O) groups excluding carboxylic acids is 1. The number of carbonyl (C=O) groups is 1. The summed E-state index contributed by atoms with van der Waals surface area (Å²) in [5.41, 5.74) is 1.38. The Balaban J connectivity index is 1.93. The Labute approximate surface area is 141 Å². The maximum absolute atomic E-state index is 12.9. The van der Waals surface area contributed by atoms with Crippen molar-refractivity contribution in [3.05, 3.63) is 69.8 Å². The molecule has 0 aliphatic carbocycles. The molecule has 1 heterocycles. The van der Waals surface area contributed by atoms with Crippen LogP contribution in [0, 0.1) is 5.82 Å². The summed E-state index contributed by atoms with van der Waals surface area (Å²) in [6.45, 7) is 0. The van der Waals surface area contributed by atoms with Gasteiger partial charge in [0, 0.05) is 5.02 Å². The molecule has 110 valence electrons. The predicted octanol–water partition coefficient (Wildman–Crippen LogP) is 4.88. The Morgan fingerprint density at radius 2 is 1.91 bits per heavy atom. The molecule has 0 radical (unpaired) electrons. The molecule has 0 saturated carbocycles. The normalized spacial score (nSPS) is 16.6. The molecular weight excluding hydrogens is 341 g/mol. The van der Waals surface area contributed by atoms with Crippen LogP contribution in [0.2, 0.25) is 5.02 Å². The van der Waals surface area contributed by atoms with Gasteiger partial charge in [0.05, 0.1) is 10.6 Å². The second-order valence-electron chi connectivity index (χ2n) is 4.55. The lowest BCUT2D eigenvalue weighted by atomic mass is 10.2. The van der Waals surface area contributed by atoms with Gasteiger partial charge in [0.2, 0.25) is 0 Å². The molecule has 0 unspecified atom stereocenters. The van der Waals surface area contributed by atoms with E-state index in [-0.39, 0.29) is 11.7 Å². The highest BCUT2D eigenvalue weighted by Crippen LogP contribution is 2.36. The molecule has 1 aliphatic heterocycles. The van der Waals surface area contributed by atoms with E-state index in [0.29, 0.717) is 19.9 Å². The van der Waals surface area contributed by atoms with Gasteiger partial charge in [-0.15, -0.1) is 0 Å². The van der Waals surface area contributed by atoms with Crippen molar-refractivity contribution in [3.63, 3.8) is 0 Å². The van der Waals surface area contributed by atoms with Crippen molar-refractivity contribution in [2.75, 3.05) is 4.90 Å². The first-order chi connectivity index (χ1) is 10.5. The Hall–Kier alpha value is -1.69. The molecule has 22 heavy (non-hydrogen) atoms. The first-order valence-corrected chi connectivity index (χ1v) is 7.94. The maximum Gasteiger partial charge on any atom is 0.270 e. The molecule has 0 atom stereocenters. The third kappa shape index (κ3) is 3.06. The van der Waals surface area contributed by atoms with E-state index >= 15 is 0 Å². The van der Waals surface area contributed by atoms with Crippen LogP contribution in [-0.2, 0) is 4.79 Å². The smallest absolute Gasteiger partial charge is 0.268 e. The SMILES string of the molecule is O=C1/C(=C\c2ccc(F)cc2)SC(=S)N1c1cccc(Cl)c1. The Kier molecular flexibility index (Phi) is 4.29. The van der Waals surface area contributed by atoms with Crippen molar-refractivity contribution in [3.8, 4) is 0 Å². The van der Waals surface area contributed by atoms with Crippen molar-refractivity contribution in [2.45, 2.75) is 0 Å². The van der Waals surface area contributed by atoms with E-state index in [1.165, 1.54) is 28.8 Å². The van der Waals surface area contributed by atoms with Gasteiger partial charge < -0.3 is 0 Å². The first kappa shape index (κ1) is 15.2. The van der Waals surface area contributed by atoms with Crippen molar-refractivity contribution in [2.24, 2.45) is 0 Å². The van der Waals surface area contributed by atoms with Crippen LogP contribution >= 0.6 is 35.6 Å². The molecule has 3 rings (SSSR count). The van der Waals surface area contributed by atoms with Crippen molar-refractivity contribution < 1.29 is 9.18 Å². The summed E-state index contributed by atoms with van der Waals surface area (Å²) in [6, 6.07) is 12.9. The quantitative estimate of drug-likeness (QED) is 0.569. The first-order valence-electron chi connectivity index (χ1n) is 6.34. The fraction of sp³-hybridized carbons (Fsp3) is 0. The van der Waals surface area contributed by atoms with Crippen LogP contribution < -0.4 is 4.90 Å². The average molecular weight is 350 g/mol. The third-order valence-corrected chi connectivity index (χ3v) is 4.57. The highest BCUT2D eigenvalue weighted by molar-refractivity contribution is 8.27. The van der Waals surface area contributed by atoms with E-state index in [0.717, 1.165) is 5.56 Å². The van der Waals surface area contributed by atoms with Crippen molar-refractivity contribution in [1.82, 2.24) is 0 Å². The number of hydrogen-bond donors (Lipinski definition) is 0. The standard InChI is InChI=1S/C16H9ClFNOS2/c17-11-2-1-3-13(9-11)19-15(20)14(22-16(19)21)8-10-4-6-12(18)7-5-10/h1-9H/b14-8+. The van der Waals surface area contributed by atoms with Crippen LogP contribution in [0.1, 0.15) is 5.56 Å². The number of rotatable bonds is 2. The van der Waals surface area contributed by atoms with Gasteiger partial charge in [-0.3, -0.25) is 9.69 Å². The fourth-order valence-corrected chi connectivity index (χ4v) is 3.50. The van der Waals surface area contributed by atoms with Crippen LogP contribution in [0.15, 0.2) is 53.4 Å². The van der Waals surface area contributed by atoms with Crippen LogP contribution in [0.3, 0.4) is 0 Å². The van der Waals surface area contributed by atoms with Gasteiger partial charge in [0.25, 0.3) is 5.91 Å². The Bertz CT molecular complexity index is 789. The minimum atomic E-state index is -0.316. The van der Waals surface area contributed by atoms with Crippen LogP contribution in [0.4, 0.5) is 10.1 Å². The molecule has 2 aromatic rings. The summed E-state index contributed by atoms with van der Waals surface area (Å²) in [7, 11) is 0. The zero-order valence-electron chi connectivity index (χ0n) is 11.1. The topological polar surface area (TPSA) is 20.3 Å². The van der Waals surface area contributed by atoms with Gasteiger partial charge in [-0.25, -0.2) is 4.39 Å². The predicted molar refractivity (Wildman–Crippen MR) is 93.5 cm³/mol. The molecular formula is C16H9ClFNOS2. The molecule has 1 fully saturated rings. The van der Waals surface area contributed by atoms with Gasteiger partial charge in [-0.1, -0.05) is 53.8 Å². The Morgan fingerprint density at radius 1 is 1.18 bits per heavy atom. The summed E-state index contributed by atoms with van der Waals surface area (Å²) in [4.78, 5) is 14.5. The second kappa shape index (κ2) is 6.20. The summed E-state index contributed by atoms with van der Waals surface area (Å²) in [5, 5.41) is 0.536. The highest BCUT2D eigenvalue weighted by Gasteiger charge is 2.33. The third-order valence-electron chi connectivity index (χ3n) is 3.03. The number of benzene rings is 2. The van der Waals surface area contributed by atoms with Crippen molar-refractivity contribution in [1.29, 1.82) is 0 Å². The fourth-order valence-electron chi connectivity index (χ4n) is 2.02. The highest BCUT2D eigenvalue weighted by atomic mass is 35.5. The van der Waals surface area contributed by atoms with E-state index in [1.807, 2.05) is 0 Å². The lowest BCUT2D eigenvalue weighted by Crippen LogP contribution is -2.27. The number of nitrogens with zero attached hydrogens (tertiary/aromatic N) is 1. The van der Waals surface area contributed by atoms with Crippen molar-refractivity contribution >= 4 is 57.6 Å². The molecule has 0 bridgehead atoms. The molecule has 6 heteroatoms. The van der Waals surface area contributed by atoms with Crippen LogP contribution in [-0.4, -0.2) is 10.2 Å². The zero-order chi connectivity index (χ0) is 15.7. The monoisotopic (exact) mass is 349 g/mol. The summed E-state index contributed by atoms with van der Waals surface area (Å²) < 4.78 is 13.4. The minimum absolute atomic E-state index is 0.207. The average Bonchev–Trinajstić information content (AvgIpc) is 2.76. The number of anilines is 1. The van der Waals surface area contributed by atoms with Gasteiger partial charge in [0.1, 0.15) is 5.82 Å². The van der Waals surface area contributed by atoms with E-state index in [1.54, 1.807) is 42.5 Å². The maximum atomic E-state index is 12.9. The Morgan fingerprint density at radius 3 is 2.59 bits per heavy atom. The van der Waals surface area contributed by atoms with E-state index < -0.39 is 0 Å². The number of thioether (sulfide) groups is 1. The molecule has 1 saturated heterocycles. The number of thiocarbonyl (C=S) groups is 1. The molecule has 0 aromatic heterocycles. The minimum Gasteiger partial charge on any atom is -0.268 e. The zero-order valence-corrected chi connectivity index (χ0v) is 13.5. The van der Waals surface area contributed by atoms with Crippen LogP contribution in [0.25, 0.3) is 6.08 Å². The van der Waals surface area contributed by atoms with E-state index in [9.17, 15) is 9.18 Å². The summed E-state index contributed by atoms with van der Waals surface area (Å²) in [5.74, 6) is -0.523. The lowest BCUT2D eigenvalue weighted by Gasteiger charge is -2.14. The number of halogens is 2. The summed E-state index contributed by atoms with van der Waals surface area (Å²) >= 11 is 12.5. The van der Waals surface area contributed by atoms with E-state index in [2.05, 4.69) is 0 Å². The molecule has 2 aromatic carbocycles. The molecule has 1 amide bonds. The van der Waals surface area contributed by atoms with Gasteiger partial charge in [-0.2, -0.15) is 0 Å². The molecule has 0 N–H and O–H groups in total. The molecule has 1 aliphatic rings. The summed E-state index contributed by atoms with van der Waals surface area (Å²) in [6.07, 6.45) is 1.70. The van der Waals surface area contributed by atoms with Gasteiger partial charge in [-0.05, 0) is 42.0 Å².